The minimum Gasteiger partial charge on any atom is -0.282 e. The molecule has 0 radical (unpaired) electrons. The van der Waals surface area contributed by atoms with Crippen LogP contribution in [0.5, 0.6) is 0 Å². The van der Waals surface area contributed by atoms with E-state index in [-0.39, 0.29) is 6.04 Å². The third kappa shape index (κ3) is 1.89. The molecule has 1 fully saturated rings. The summed E-state index contributed by atoms with van der Waals surface area (Å²) < 4.78 is 0. The van der Waals surface area contributed by atoms with Crippen molar-refractivity contribution in [1.82, 2.24) is 5.01 Å². The number of benzene rings is 2. The maximum atomic E-state index is 9.72. The maximum absolute atomic E-state index is 9.72. The van der Waals surface area contributed by atoms with Gasteiger partial charge in [-0.1, -0.05) is 42.5 Å². The monoisotopic (exact) mass is 298 g/mol. The Kier molecular flexibility index (Phi) is 3.03. The number of para-hydroxylation sites is 1. The minimum atomic E-state index is -0.511. The van der Waals surface area contributed by atoms with Crippen molar-refractivity contribution < 1.29 is 0 Å². The zero-order chi connectivity index (χ0) is 15.8. The fourth-order valence-electron chi connectivity index (χ4n) is 3.51. The van der Waals surface area contributed by atoms with Crippen molar-refractivity contribution in [1.29, 1.82) is 10.5 Å². The van der Waals surface area contributed by atoms with Crippen LogP contribution in [-0.2, 0) is 0 Å². The van der Waals surface area contributed by atoms with Crippen LogP contribution in [0.4, 0.5) is 5.69 Å². The lowest BCUT2D eigenvalue weighted by Gasteiger charge is -2.36. The summed E-state index contributed by atoms with van der Waals surface area (Å²) in [7, 11) is 0. The molecule has 0 aromatic heterocycles. The van der Waals surface area contributed by atoms with Gasteiger partial charge < -0.3 is 0 Å². The first-order chi connectivity index (χ1) is 11.3. The molecule has 3 atom stereocenters. The molecule has 0 spiro atoms. The van der Waals surface area contributed by atoms with E-state index in [0.29, 0.717) is 0 Å². The second-order valence-electron chi connectivity index (χ2n) is 5.68. The Labute approximate surface area is 135 Å². The molecular formula is C19H14N4. The summed E-state index contributed by atoms with van der Waals surface area (Å²) in [5.41, 5.74) is 3.13. The largest absolute Gasteiger partial charge is 0.282 e. The van der Waals surface area contributed by atoms with E-state index in [0.717, 1.165) is 16.8 Å². The standard InChI is InChI=1S/C19H14N4/c20-12-17-18(13-21)23(15-7-2-1-3-8-15)22-11-10-14-6-4-5-9-16(14)19(17)22/h1-11,17-19H/t17-,18-,19-/m1/s1. The van der Waals surface area contributed by atoms with Crippen LogP contribution < -0.4 is 5.01 Å². The van der Waals surface area contributed by atoms with E-state index < -0.39 is 12.0 Å². The molecule has 4 heteroatoms. The Bertz CT molecular complexity index is 830. The second kappa shape index (κ2) is 5.19. The molecule has 4 nitrogen and oxygen atoms in total. The van der Waals surface area contributed by atoms with Gasteiger partial charge >= 0.3 is 0 Å². The van der Waals surface area contributed by atoms with Crippen LogP contribution in [0.25, 0.3) is 6.08 Å². The third-order valence-corrected chi connectivity index (χ3v) is 4.50. The second-order valence-corrected chi connectivity index (χ2v) is 5.68. The Morgan fingerprint density at radius 1 is 0.870 bits per heavy atom. The Hall–Kier alpha value is -3.24. The minimum absolute atomic E-state index is 0.133. The van der Waals surface area contributed by atoms with Gasteiger partial charge in [-0.25, -0.2) is 0 Å². The summed E-state index contributed by atoms with van der Waals surface area (Å²) in [4.78, 5) is 0. The van der Waals surface area contributed by atoms with E-state index in [4.69, 9.17) is 0 Å². The molecule has 2 aliphatic rings. The first kappa shape index (κ1) is 13.4. The SMILES string of the molecule is N#C[C@H]1[C@H]2c3ccccc3C=CN2N(c2ccccc2)[C@@H]1C#N. The molecule has 0 N–H and O–H groups in total. The number of hydrazine groups is 1. The number of fused-ring (bicyclic) bond motifs is 3. The Morgan fingerprint density at radius 2 is 1.61 bits per heavy atom. The summed E-state index contributed by atoms with van der Waals surface area (Å²) in [6.07, 6.45) is 4.01. The predicted octanol–water partition coefficient (Wildman–Crippen LogP) is 3.48. The van der Waals surface area contributed by atoms with E-state index in [1.165, 1.54) is 0 Å². The van der Waals surface area contributed by atoms with Crippen LogP contribution in [0.1, 0.15) is 17.2 Å². The summed E-state index contributed by atoms with van der Waals surface area (Å²) >= 11 is 0. The van der Waals surface area contributed by atoms with Crippen molar-refractivity contribution in [3.05, 3.63) is 71.9 Å². The molecule has 0 saturated carbocycles. The lowest BCUT2D eigenvalue weighted by molar-refractivity contribution is 0.311. The van der Waals surface area contributed by atoms with Gasteiger partial charge in [0, 0.05) is 6.20 Å². The van der Waals surface area contributed by atoms with Crippen molar-refractivity contribution in [2.24, 2.45) is 5.92 Å². The van der Waals surface area contributed by atoms with Crippen LogP contribution >= 0.6 is 0 Å². The first-order valence-corrected chi connectivity index (χ1v) is 7.54. The average Bonchev–Trinajstić information content (AvgIpc) is 2.96. The van der Waals surface area contributed by atoms with Gasteiger partial charge in [0.25, 0.3) is 0 Å². The molecule has 0 bridgehead atoms. The van der Waals surface area contributed by atoms with Crippen molar-refractivity contribution >= 4 is 11.8 Å². The third-order valence-electron chi connectivity index (χ3n) is 4.50. The van der Waals surface area contributed by atoms with Crippen LogP contribution in [0.3, 0.4) is 0 Å². The van der Waals surface area contributed by atoms with Gasteiger partial charge in [-0.05, 0) is 29.3 Å². The van der Waals surface area contributed by atoms with Gasteiger partial charge in [-0.15, -0.1) is 0 Å². The highest BCUT2D eigenvalue weighted by Crippen LogP contribution is 2.46. The zero-order valence-corrected chi connectivity index (χ0v) is 12.4. The van der Waals surface area contributed by atoms with Gasteiger partial charge in [0.2, 0.25) is 0 Å². The molecule has 0 unspecified atom stereocenters. The highest BCUT2D eigenvalue weighted by Gasteiger charge is 2.49. The van der Waals surface area contributed by atoms with Crippen LogP contribution in [-0.4, -0.2) is 11.1 Å². The smallest absolute Gasteiger partial charge is 0.155 e. The molecule has 1 saturated heterocycles. The van der Waals surface area contributed by atoms with Crippen molar-refractivity contribution in [3.63, 3.8) is 0 Å². The summed E-state index contributed by atoms with van der Waals surface area (Å²) in [6, 6.07) is 21.9. The van der Waals surface area contributed by atoms with Gasteiger partial charge in [-0.2, -0.15) is 10.5 Å². The molecule has 4 rings (SSSR count). The number of rotatable bonds is 1. The van der Waals surface area contributed by atoms with Gasteiger partial charge in [0.05, 0.1) is 23.9 Å². The molecule has 0 amide bonds. The average molecular weight is 298 g/mol. The lowest BCUT2D eigenvalue weighted by Crippen LogP contribution is -2.39. The lowest BCUT2D eigenvalue weighted by atomic mass is 9.87. The highest BCUT2D eigenvalue weighted by molar-refractivity contribution is 5.61. The van der Waals surface area contributed by atoms with Gasteiger partial charge in [-0.3, -0.25) is 10.0 Å². The van der Waals surface area contributed by atoms with Crippen molar-refractivity contribution in [2.75, 3.05) is 5.01 Å². The van der Waals surface area contributed by atoms with Crippen LogP contribution in [0.15, 0.2) is 60.8 Å². The van der Waals surface area contributed by atoms with Crippen LogP contribution in [0, 0.1) is 28.6 Å². The molecule has 0 aliphatic carbocycles. The molecule has 2 aromatic carbocycles. The van der Waals surface area contributed by atoms with Gasteiger partial charge in [0.15, 0.2) is 6.04 Å². The van der Waals surface area contributed by atoms with Crippen molar-refractivity contribution in [2.45, 2.75) is 12.1 Å². The molecule has 23 heavy (non-hydrogen) atoms. The maximum Gasteiger partial charge on any atom is 0.155 e. The number of nitriles is 2. The van der Waals surface area contributed by atoms with Crippen molar-refractivity contribution in [3.8, 4) is 12.1 Å². The fraction of sp³-hybridized carbons (Fsp3) is 0.158. The molecule has 110 valence electrons. The normalized spacial score (nSPS) is 24.5. The van der Waals surface area contributed by atoms with E-state index in [1.807, 2.05) is 76.9 Å². The molecule has 2 heterocycles. The zero-order valence-electron chi connectivity index (χ0n) is 12.4. The number of hydrogen-bond acceptors (Lipinski definition) is 4. The van der Waals surface area contributed by atoms with E-state index >= 15 is 0 Å². The molecule has 2 aromatic rings. The number of nitrogens with zero attached hydrogens (tertiary/aromatic N) is 4. The Morgan fingerprint density at radius 3 is 2.35 bits per heavy atom. The quantitative estimate of drug-likeness (QED) is 0.809. The van der Waals surface area contributed by atoms with E-state index in [9.17, 15) is 10.5 Å². The van der Waals surface area contributed by atoms with E-state index in [2.05, 4.69) is 12.1 Å². The topological polar surface area (TPSA) is 54.1 Å². The summed E-state index contributed by atoms with van der Waals surface area (Å²) in [5, 5.41) is 23.4. The molecule has 2 aliphatic heterocycles. The Balaban J connectivity index is 1.88. The summed E-state index contributed by atoms with van der Waals surface area (Å²) in [5.74, 6) is -0.411. The summed E-state index contributed by atoms with van der Waals surface area (Å²) in [6.45, 7) is 0. The van der Waals surface area contributed by atoms with E-state index in [1.54, 1.807) is 0 Å². The van der Waals surface area contributed by atoms with Crippen LogP contribution in [0.2, 0.25) is 0 Å². The first-order valence-electron chi connectivity index (χ1n) is 7.54. The fourth-order valence-corrected chi connectivity index (χ4v) is 3.51. The van der Waals surface area contributed by atoms with Gasteiger partial charge in [0.1, 0.15) is 5.92 Å². The predicted molar refractivity (Wildman–Crippen MR) is 87.5 cm³/mol. The number of hydrogen-bond donors (Lipinski definition) is 0. The highest BCUT2D eigenvalue weighted by atomic mass is 15.7. The molecular weight excluding hydrogens is 284 g/mol. The number of anilines is 1.